The van der Waals surface area contributed by atoms with Gasteiger partial charge in [-0.3, -0.25) is 15.1 Å². The van der Waals surface area contributed by atoms with Gasteiger partial charge in [0.1, 0.15) is 5.69 Å². The summed E-state index contributed by atoms with van der Waals surface area (Å²) in [6.45, 7) is 0. The van der Waals surface area contributed by atoms with Crippen molar-refractivity contribution in [3.63, 3.8) is 0 Å². The van der Waals surface area contributed by atoms with Gasteiger partial charge in [0.25, 0.3) is 0 Å². The minimum absolute atomic E-state index is 0.606. The summed E-state index contributed by atoms with van der Waals surface area (Å²) >= 11 is 0. The molecule has 8 heteroatoms. The van der Waals surface area contributed by atoms with Gasteiger partial charge in [-0.15, -0.1) is 0 Å². The zero-order chi connectivity index (χ0) is 20.1. The van der Waals surface area contributed by atoms with Gasteiger partial charge in [-0.1, -0.05) is 0 Å². The molecular weight excluding hydrogens is 378 g/mol. The molecule has 144 valence electrons. The molecule has 0 amide bonds. The molecule has 6 aromatic heterocycles. The van der Waals surface area contributed by atoms with E-state index in [1.807, 2.05) is 24.3 Å². The van der Waals surface area contributed by atoms with E-state index in [1.54, 1.807) is 37.3 Å². The van der Waals surface area contributed by atoms with E-state index in [2.05, 4.69) is 36.2 Å². The Morgan fingerprint density at radius 3 is 2.67 bits per heavy atom. The van der Waals surface area contributed by atoms with Gasteiger partial charge in [-0.25, -0.2) is 4.98 Å². The average molecular weight is 393 g/mol. The van der Waals surface area contributed by atoms with E-state index >= 15 is 0 Å². The number of anilines is 1. The Hall–Kier alpha value is -4.46. The van der Waals surface area contributed by atoms with Gasteiger partial charge in [0.15, 0.2) is 5.65 Å². The van der Waals surface area contributed by atoms with E-state index in [0.29, 0.717) is 11.3 Å². The third-order valence-electron chi connectivity index (χ3n) is 5.11. The summed E-state index contributed by atoms with van der Waals surface area (Å²) in [4.78, 5) is 16.7. The van der Waals surface area contributed by atoms with Crippen LogP contribution in [0.5, 0.6) is 0 Å². The number of nitrogen functional groups attached to an aromatic ring is 1. The highest BCUT2D eigenvalue weighted by Crippen LogP contribution is 2.33. The second-order valence-electron chi connectivity index (χ2n) is 7.02. The number of furan rings is 1. The topological polar surface area (TPSA) is 122 Å². The van der Waals surface area contributed by atoms with E-state index in [0.717, 1.165) is 50.1 Å². The van der Waals surface area contributed by atoms with E-state index in [9.17, 15) is 0 Å². The van der Waals surface area contributed by atoms with Crippen molar-refractivity contribution in [3.8, 4) is 33.8 Å². The Kier molecular flexibility index (Phi) is 3.45. The third kappa shape index (κ3) is 2.55. The fraction of sp³-hybridized carbons (Fsp3) is 0. The molecule has 30 heavy (non-hydrogen) atoms. The van der Waals surface area contributed by atoms with Crippen molar-refractivity contribution in [1.82, 2.24) is 30.1 Å². The van der Waals surface area contributed by atoms with Crippen molar-refractivity contribution >= 4 is 27.6 Å². The Morgan fingerprint density at radius 2 is 1.80 bits per heavy atom. The molecule has 0 unspecified atom stereocenters. The highest BCUT2D eigenvalue weighted by Gasteiger charge is 2.16. The van der Waals surface area contributed by atoms with E-state index in [-0.39, 0.29) is 0 Å². The lowest BCUT2D eigenvalue weighted by atomic mass is 10.1. The summed E-state index contributed by atoms with van der Waals surface area (Å²) in [6.07, 6.45) is 10.3. The number of aromatic amines is 2. The third-order valence-corrected chi connectivity index (χ3v) is 5.11. The van der Waals surface area contributed by atoms with Crippen molar-refractivity contribution in [2.24, 2.45) is 0 Å². The van der Waals surface area contributed by atoms with Crippen LogP contribution in [-0.4, -0.2) is 30.1 Å². The van der Waals surface area contributed by atoms with Gasteiger partial charge >= 0.3 is 0 Å². The Labute approximate surface area is 169 Å². The number of H-pyrrole nitrogens is 2. The van der Waals surface area contributed by atoms with E-state index in [1.165, 1.54) is 0 Å². The van der Waals surface area contributed by atoms with Crippen LogP contribution in [0.25, 0.3) is 55.7 Å². The van der Waals surface area contributed by atoms with Crippen LogP contribution < -0.4 is 5.73 Å². The van der Waals surface area contributed by atoms with Crippen molar-refractivity contribution in [1.29, 1.82) is 0 Å². The van der Waals surface area contributed by atoms with Gasteiger partial charge in [0.2, 0.25) is 0 Å². The van der Waals surface area contributed by atoms with Crippen molar-refractivity contribution in [2.45, 2.75) is 0 Å². The molecule has 0 aromatic carbocycles. The summed E-state index contributed by atoms with van der Waals surface area (Å²) in [5, 5.41) is 9.42. The van der Waals surface area contributed by atoms with E-state index in [4.69, 9.17) is 10.2 Å². The number of nitrogens with one attached hydrogen (secondary N) is 2. The molecule has 0 aliphatic rings. The minimum Gasteiger partial charge on any atom is -0.472 e. The predicted molar refractivity (Wildman–Crippen MR) is 114 cm³/mol. The summed E-state index contributed by atoms with van der Waals surface area (Å²) in [5.41, 5.74) is 13.4. The second-order valence-corrected chi connectivity index (χ2v) is 7.02. The molecule has 0 bridgehead atoms. The first-order valence-corrected chi connectivity index (χ1v) is 9.32. The highest BCUT2D eigenvalue weighted by molar-refractivity contribution is 5.99. The number of rotatable bonds is 3. The van der Waals surface area contributed by atoms with Gasteiger partial charge < -0.3 is 15.1 Å². The fourth-order valence-corrected chi connectivity index (χ4v) is 3.69. The number of nitrogens with zero attached hydrogens (tertiary/aromatic N) is 4. The van der Waals surface area contributed by atoms with Gasteiger partial charge in [-0.05, 0) is 30.3 Å². The van der Waals surface area contributed by atoms with Gasteiger partial charge in [-0.2, -0.15) is 5.10 Å². The van der Waals surface area contributed by atoms with Crippen LogP contribution in [0, 0.1) is 0 Å². The highest BCUT2D eigenvalue weighted by atomic mass is 16.3. The first-order valence-electron chi connectivity index (χ1n) is 9.32. The smallest absolute Gasteiger partial charge is 0.155 e. The number of hydrogen-bond acceptors (Lipinski definition) is 6. The summed E-state index contributed by atoms with van der Waals surface area (Å²) in [6, 6.07) is 9.81. The molecule has 4 N–H and O–H groups in total. The van der Waals surface area contributed by atoms with Crippen LogP contribution in [0.2, 0.25) is 0 Å². The quantitative estimate of drug-likeness (QED) is 0.409. The monoisotopic (exact) mass is 393 g/mol. The Balaban J connectivity index is 1.52. The average Bonchev–Trinajstić information content (AvgIpc) is 3.51. The number of hydrogen-bond donors (Lipinski definition) is 3. The molecule has 0 aliphatic heterocycles. The number of nitrogens with two attached hydrogens (primary N) is 1. The number of aromatic nitrogens is 6. The number of pyridine rings is 3. The standard InChI is InChI=1S/C22H15N7O/c23-15-5-13(8-24-10-15)14-6-17-21(28-29-22(17)26-9-14)19-7-16-18(27-19)1-3-25-20(16)12-2-4-30-11-12/h1-11,27H,23H2,(H,26,28,29). The molecule has 0 aliphatic carbocycles. The lowest BCUT2D eigenvalue weighted by Gasteiger charge is -2.02. The SMILES string of the molecule is Nc1cncc(-c2cnc3[nH]nc(-c4cc5c(-c6ccoc6)nccc5[nH]4)c3c2)c1. The summed E-state index contributed by atoms with van der Waals surface area (Å²) in [7, 11) is 0. The van der Waals surface area contributed by atoms with E-state index < -0.39 is 0 Å². The van der Waals surface area contributed by atoms with Crippen LogP contribution in [0.3, 0.4) is 0 Å². The number of fused-ring (bicyclic) bond motifs is 2. The zero-order valence-corrected chi connectivity index (χ0v) is 15.6. The predicted octanol–water partition coefficient (Wildman–Crippen LogP) is 4.41. The van der Waals surface area contributed by atoms with Crippen LogP contribution >= 0.6 is 0 Å². The van der Waals surface area contributed by atoms with Crippen LogP contribution in [0.4, 0.5) is 5.69 Å². The van der Waals surface area contributed by atoms with Gasteiger partial charge in [0, 0.05) is 57.8 Å². The van der Waals surface area contributed by atoms with Crippen LogP contribution in [-0.2, 0) is 0 Å². The summed E-state index contributed by atoms with van der Waals surface area (Å²) in [5.74, 6) is 0. The lowest BCUT2D eigenvalue weighted by molar-refractivity contribution is 0.568. The fourth-order valence-electron chi connectivity index (χ4n) is 3.69. The molecule has 0 saturated carbocycles. The minimum atomic E-state index is 0.606. The molecule has 0 atom stereocenters. The van der Waals surface area contributed by atoms with Gasteiger partial charge in [0.05, 0.1) is 29.6 Å². The molecule has 0 saturated heterocycles. The Bertz CT molecular complexity index is 1510. The maximum atomic E-state index is 5.89. The molecule has 0 spiro atoms. The maximum absolute atomic E-state index is 5.89. The zero-order valence-electron chi connectivity index (χ0n) is 15.6. The largest absolute Gasteiger partial charge is 0.472 e. The van der Waals surface area contributed by atoms with Crippen molar-refractivity contribution < 1.29 is 4.42 Å². The molecule has 0 radical (unpaired) electrons. The summed E-state index contributed by atoms with van der Waals surface area (Å²) < 4.78 is 5.23. The first kappa shape index (κ1) is 16.5. The maximum Gasteiger partial charge on any atom is 0.155 e. The normalized spacial score (nSPS) is 11.5. The molecular formula is C22H15N7O. The lowest BCUT2D eigenvalue weighted by Crippen LogP contribution is -1.88. The molecule has 6 aromatic rings. The second kappa shape index (κ2) is 6.28. The van der Waals surface area contributed by atoms with Crippen LogP contribution in [0.1, 0.15) is 0 Å². The van der Waals surface area contributed by atoms with Crippen molar-refractivity contribution in [2.75, 3.05) is 5.73 Å². The Morgan fingerprint density at radius 1 is 0.867 bits per heavy atom. The van der Waals surface area contributed by atoms with Crippen LogP contribution in [0.15, 0.2) is 72.1 Å². The van der Waals surface area contributed by atoms with Crippen molar-refractivity contribution in [3.05, 3.63) is 67.6 Å². The molecule has 8 nitrogen and oxygen atoms in total. The molecule has 0 fully saturated rings. The molecule has 6 heterocycles. The molecule has 6 rings (SSSR count). The first-order chi connectivity index (χ1) is 14.8.